The molecule has 0 unspecified atom stereocenters. The highest BCUT2D eigenvalue weighted by Crippen LogP contribution is 2.24. The Kier molecular flexibility index (Phi) is 2.11. The highest BCUT2D eigenvalue weighted by Gasteiger charge is 2.01. The summed E-state index contributed by atoms with van der Waals surface area (Å²) in [5.41, 5.74) is 3.17. The SMILES string of the molecule is O=c1[nH]c2ccc(-c3cc[c]cc3)cc2s1. The van der Waals surface area contributed by atoms with Crippen LogP contribution < -0.4 is 4.87 Å². The average Bonchev–Trinajstić information content (AvgIpc) is 2.69. The van der Waals surface area contributed by atoms with Crippen LogP contribution >= 0.6 is 11.3 Å². The summed E-state index contributed by atoms with van der Waals surface area (Å²) in [5, 5.41) is 0. The number of H-pyrrole nitrogens is 1. The van der Waals surface area contributed by atoms with Crippen LogP contribution in [-0.4, -0.2) is 4.98 Å². The van der Waals surface area contributed by atoms with Gasteiger partial charge in [0.2, 0.25) is 0 Å². The maximum Gasteiger partial charge on any atom is 0.305 e. The van der Waals surface area contributed by atoms with Crippen LogP contribution in [0.2, 0.25) is 0 Å². The van der Waals surface area contributed by atoms with E-state index in [4.69, 9.17) is 0 Å². The number of rotatable bonds is 1. The van der Waals surface area contributed by atoms with Gasteiger partial charge >= 0.3 is 4.87 Å². The van der Waals surface area contributed by atoms with Crippen molar-refractivity contribution < 1.29 is 0 Å². The minimum absolute atomic E-state index is 0.00598. The molecule has 16 heavy (non-hydrogen) atoms. The summed E-state index contributed by atoms with van der Waals surface area (Å²) in [6.45, 7) is 0. The van der Waals surface area contributed by atoms with E-state index in [1.165, 1.54) is 11.3 Å². The highest BCUT2D eigenvalue weighted by atomic mass is 32.1. The second-order valence-corrected chi connectivity index (χ2v) is 4.53. The Bertz CT molecular complexity index is 682. The molecular formula is C13H8NOS. The average molecular weight is 226 g/mol. The summed E-state index contributed by atoms with van der Waals surface area (Å²) in [6.07, 6.45) is 0. The Morgan fingerprint density at radius 2 is 1.88 bits per heavy atom. The molecule has 3 aromatic rings. The third kappa shape index (κ3) is 1.55. The largest absolute Gasteiger partial charge is 0.312 e. The Labute approximate surface area is 96.2 Å². The Morgan fingerprint density at radius 3 is 2.69 bits per heavy atom. The number of thiazole rings is 1. The smallest absolute Gasteiger partial charge is 0.305 e. The molecule has 1 radical (unpaired) electrons. The minimum atomic E-state index is -0.00598. The van der Waals surface area contributed by atoms with E-state index in [1.54, 1.807) is 0 Å². The molecule has 0 saturated heterocycles. The van der Waals surface area contributed by atoms with Crippen molar-refractivity contribution in [1.29, 1.82) is 0 Å². The van der Waals surface area contributed by atoms with Gasteiger partial charge in [0.25, 0.3) is 0 Å². The molecular weight excluding hydrogens is 218 g/mol. The Balaban J connectivity index is 2.22. The molecule has 1 N–H and O–H groups in total. The maximum absolute atomic E-state index is 11.2. The monoisotopic (exact) mass is 226 g/mol. The van der Waals surface area contributed by atoms with Crippen LogP contribution in [-0.2, 0) is 0 Å². The lowest BCUT2D eigenvalue weighted by Crippen LogP contribution is -1.89. The molecule has 77 valence electrons. The van der Waals surface area contributed by atoms with Gasteiger partial charge in [-0.15, -0.1) is 0 Å². The van der Waals surface area contributed by atoms with Crippen LogP contribution in [0.3, 0.4) is 0 Å². The summed E-state index contributed by atoms with van der Waals surface area (Å²) in [6, 6.07) is 16.8. The standard InChI is InChI=1S/C13H8NOS/c15-13-14-11-7-6-10(8-12(11)16-13)9-4-2-1-3-5-9/h2-8H,(H,14,15). The predicted octanol–water partition coefficient (Wildman–Crippen LogP) is 3.06. The maximum atomic E-state index is 11.2. The molecule has 1 heterocycles. The molecule has 3 rings (SSSR count). The third-order valence-electron chi connectivity index (χ3n) is 2.47. The van der Waals surface area contributed by atoms with Gasteiger partial charge in [-0.3, -0.25) is 4.79 Å². The van der Waals surface area contributed by atoms with Crippen molar-refractivity contribution in [3.05, 3.63) is 58.2 Å². The second-order valence-electron chi connectivity index (χ2n) is 3.51. The van der Waals surface area contributed by atoms with Gasteiger partial charge in [0.05, 0.1) is 10.2 Å². The van der Waals surface area contributed by atoms with Crippen LogP contribution in [0.4, 0.5) is 0 Å². The quantitative estimate of drug-likeness (QED) is 0.679. The first-order chi connectivity index (χ1) is 7.83. The van der Waals surface area contributed by atoms with Gasteiger partial charge in [0.1, 0.15) is 0 Å². The number of benzene rings is 2. The van der Waals surface area contributed by atoms with Crippen molar-refractivity contribution in [2.24, 2.45) is 0 Å². The fraction of sp³-hybridized carbons (Fsp3) is 0. The zero-order valence-corrected chi connectivity index (χ0v) is 9.17. The predicted molar refractivity (Wildman–Crippen MR) is 66.7 cm³/mol. The molecule has 2 nitrogen and oxygen atoms in total. The zero-order valence-electron chi connectivity index (χ0n) is 8.36. The zero-order chi connectivity index (χ0) is 11.0. The van der Waals surface area contributed by atoms with Crippen molar-refractivity contribution >= 4 is 21.6 Å². The fourth-order valence-electron chi connectivity index (χ4n) is 1.70. The molecule has 3 heteroatoms. The molecule has 0 fully saturated rings. The summed E-state index contributed by atoms with van der Waals surface area (Å²) in [4.78, 5) is 14.0. The normalized spacial score (nSPS) is 10.8. The van der Waals surface area contributed by atoms with Crippen LogP contribution in [0.5, 0.6) is 0 Å². The van der Waals surface area contributed by atoms with Gasteiger partial charge < -0.3 is 4.98 Å². The van der Waals surface area contributed by atoms with Gasteiger partial charge in [-0.1, -0.05) is 41.7 Å². The van der Waals surface area contributed by atoms with Crippen molar-refractivity contribution in [1.82, 2.24) is 4.98 Å². The molecule has 0 saturated carbocycles. The van der Waals surface area contributed by atoms with Crippen LogP contribution in [0.25, 0.3) is 21.3 Å². The lowest BCUT2D eigenvalue weighted by Gasteiger charge is -2.00. The molecule has 0 aliphatic rings. The number of aromatic nitrogens is 1. The topological polar surface area (TPSA) is 32.9 Å². The Morgan fingerprint density at radius 1 is 1.06 bits per heavy atom. The molecule has 1 aromatic heterocycles. The van der Waals surface area contributed by atoms with E-state index in [0.717, 1.165) is 21.3 Å². The van der Waals surface area contributed by atoms with Gasteiger partial charge in [-0.25, -0.2) is 0 Å². The first kappa shape index (κ1) is 9.36. The lowest BCUT2D eigenvalue weighted by atomic mass is 10.1. The van der Waals surface area contributed by atoms with Gasteiger partial charge in [-0.05, 0) is 29.3 Å². The number of hydrogen-bond acceptors (Lipinski definition) is 2. The first-order valence-electron chi connectivity index (χ1n) is 4.92. The van der Waals surface area contributed by atoms with E-state index in [9.17, 15) is 4.79 Å². The fourth-order valence-corrected chi connectivity index (χ4v) is 2.48. The number of nitrogens with one attached hydrogen (secondary N) is 1. The van der Waals surface area contributed by atoms with Gasteiger partial charge in [-0.2, -0.15) is 0 Å². The lowest BCUT2D eigenvalue weighted by molar-refractivity contribution is 1.41. The van der Waals surface area contributed by atoms with Crippen molar-refractivity contribution in [2.75, 3.05) is 0 Å². The molecule has 0 aliphatic heterocycles. The summed E-state index contributed by atoms with van der Waals surface area (Å²) in [7, 11) is 0. The van der Waals surface area contributed by atoms with E-state index in [2.05, 4.69) is 11.1 Å². The van der Waals surface area contributed by atoms with Gasteiger partial charge in [0, 0.05) is 0 Å². The van der Waals surface area contributed by atoms with E-state index >= 15 is 0 Å². The molecule has 0 aliphatic carbocycles. The molecule has 2 aromatic carbocycles. The van der Waals surface area contributed by atoms with Gasteiger partial charge in [0.15, 0.2) is 0 Å². The van der Waals surface area contributed by atoms with E-state index in [-0.39, 0.29) is 4.87 Å². The highest BCUT2D eigenvalue weighted by molar-refractivity contribution is 7.16. The van der Waals surface area contributed by atoms with E-state index in [1.807, 2.05) is 42.5 Å². The second kappa shape index (κ2) is 3.61. The number of fused-ring (bicyclic) bond motifs is 1. The third-order valence-corrected chi connectivity index (χ3v) is 3.32. The van der Waals surface area contributed by atoms with Crippen molar-refractivity contribution in [2.45, 2.75) is 0 Å². The van der Waals surface area contributed by atoms with E-state index < -0.39 is 0 Å². The summed E-state index contributed by atoms with van der Waals surface area (Å²) in [5.74, 6) is 0. The van der Waals surface area contributed by atoms with Crippen molar-refractivity contribution in [3.63, 3.8) is 0 Å². The Hall–Kier alpha value is -1.87. The van der Waals surface area contributed by atoms with Crippen molar-refractivity contribution in [3.8, 4) is 11.1 Å². The molecule has 0 atom stereocenters. The summed E-state index contributed by atoms with van der Waals surface area (Å²) < 4.78 is 0.996. The molecule has 0 bridgehead atoms. The number of hydrogen-bond donors (Lipinski definition) is 1. The van der Waals surface area contributed by atoms with E-state index in [0.29, 0.717) is 0 Å². The minimum Gasteiger partial charge on any atom is -0.312 e. The number of aromatic amines is 1. The first-order valence-corrected chi connectivity index (χ1v) is 5.74. The molecule has 0 spiro atoms. The van der Waals surface area contributed by atoms with Crippen LogP contribution in [0.15, 0.2) is 47.3 Å². The molecule has 0 amide bonds. The summed E-state index contributed by atoms with van der Waals surface area (Å²) >= 11 is 1.24. The van der Waals surface area contributed by atoms with Crippen LogP contribution in [0, 0.1) is 6.07 Å². The van der Waals surface area contributed by atoms with Crippen LogP contribution in [0.1, 0.15) is 0 Å².